The van der Waals surface area contributed by atoms with Gasteiger partial charge >= 0.3 is 0 Å². The quantitative estimate of drug-likeness (QED) is 0.609. The van der Waals surface area contributed by atoms with Crippen LogP contribution in [-0.4, -0.2) is 19.9 Å². The molecule has 0 unspecified atom stereocenters. The fraction of sp³-hybridized carbons (Fsp3) is 0.0769. The predicted molar refractivity (Wildman–Crippen MR) is 76.1 cm³/mol. The van der Waals surface area contributed by atoms with Gasteiger partial charge in [-0.2, -0.15) is 0 Å². The lowest BCUT2D eigenvalue weighted by atomic mass is 10.2. The standard InChI is InChI=1S/C13H12N6O/c14-10-3-9-11(18-7-19-13(9)20)4-12(10)16-5-8-1-2-15-6-17-8/h1-4,6-7,16H,5,14H2,(H,18,19,20). The molecule has 0 fully saturated rings. The lowest BCUT2D eigenvalue weighted by Crippen LogP contribution is -2.09. The summed E-state index contributed by atoms with van der Waals surface area (Å²) >= 11 is 0. The summed E-state index contributed by atoms with van der Waals surface area (Å²) in [6, 6.07) is 5.18. The molecule has 0 saturated carbocycles. The second kappa shape index (κ2) is 4.96. The Morgan fingerprint density at radius 1 is 1.30 bits per heavy atom. The molecule has 0 spiro atoms. The molecular weight excluding hydrogens is 256 g/mol. The normalized spacial score (nSPS) is 10.6. The van der Waals surface area contributed by atoms with Crippen molar-refractivity contribution >= 4 is 22.3 Å². The topological polar surface area (TPSA) is 110 Å². The van der Waals surface area contributed by atoms with Gasteiger partial charge in [-0.3, -0.25) is 4.79 Å². The largest absolute Gasteiger partial charge is 0.397 e. The Kier molecular flexibility index (Phi) is 3.00. The van der Waals surface area contributed by atoms with E-state index in [1.165, 1.54) is 12.7 Å². The Morgan fingerprint density at radius 3 is 3.00 bits per heavy atom. The number of rotatable bonds is 3. The zero-order valence-electron chi connectivity index (χ0n) is 10.5. The predicted octanol–water partition coefficient (Wildman–Crippen LogP) is 0.907. The van der Waals surface area contributed by atoms with Gasteiger partial charge < -0.3 is 16.0 Å². The third-order valence-electron chi connectivity index (χ3n) is 2.91. The van der Waals surface area contributed by atoms with Crippen molar-refractivity contribution < 1.29 is 0 Å². The highest BCUT2D eigenvalue weighted by Crippen LogP contribution is 2.23. The van der Waals surface area contributed by atoms with Gasteiger partial charge in [-0.25, -0.2) is 15.0 Å². The number of nitrogen functional groups attached to an aromatic ring is 1. The number of nitrogens with one attached hydrogen (secondary N) is 2. The van der Waals surface area contributed by atoms with Crippen molar-refractivity contribution in [3.8, 4) is 0 Å². The Balaban J connectivity index is 1.92. The highest BCUT2D eigenvalue weighted by molar-refractivity contribution is 5.88. The molecule has 2 heterocycles. The fourth-order valence-electron chi connectivity index (χ4n) is 1.89. The summed E-state index contributed by atoms with van der Waals surface area (Å²) in [5.74, 6) is 0. The van der Waals surface area contributed by atoms with Crippen molar-refractivity contribution in [2.45, 2.75) is 6.54 Å². The first kappa shape index (κ1) is 12.1. The number of nitrogens with two attached hydrogens (primary N) is 1. The smallest absolute Gasteiger partial charge is 0.258 e. The Labute approximate surface area is 113 Å². The zero-order valence-corrected chi connectivity index (χ0v) is 10.5. The summed E-state index contributed by atoms with van der Waals surface area (Å²) in [5.41, 5.74) is 8.38. The molecule has 20 heavy (non-hydrogen) atoms. The first-order chi connectivity index (χ1) is 9.74. The van der Waals surface area contributed by atoms with E-state index in [1.54, 1.807) is 18.3 Å². The minimum Gasteiger partial charge on any atom is -0.397 e. The van der Waals surface area contributed by atoms with Crippen molar-refractivity contribution in [1.82, 2.24) is 19.9 Å². The van der Waals surface area contributed by atoms with E-state index >= 15 is 0 Å². The Bertz CT molecular complexity index is 799. The van der Waals surface area contributed by atoms with Crippen LogP contribution in [0.1, 0.15) is 5.69 Å². The van der Waals surface area contributed by atoms with Gasteiger partial charge in [-0.05, 0) is 18.2 Å². The number of hydrogen-bond donors (Lipinski definition) is 3. The second-order valence-electron chi connectivity index (χ2n) is 4.24. The lowest BCUT2D eigenvalue weighted by Gasteiger charge is -2.09. The maximum atomic E-state index is 11.6. The molecule has 3 aromatic rings. The van der Waals surface area contributed by atoms with Crippen LogP contribution in [0.4, 0.5) is 11.4 Å². The van der Waals surface area contributed by atoms with Crippen LogP contribution in [0.5, 0.6) is 0 Å². The molecule has 2 aromatic heterocycles. The van der Waals surface area contributed by atoms with E-state index in [0.29, 0.717) is 28.8 Å². The van der Waals surface area contributed by atoms with Crippen molar-refractivity contribution in [1.29, 1.82) is 0 Å². The molecule has 0 bridgehead atoms. The van der Waals surface area contributed by atoms with Gasteiger partial charge in [0.05, 0.1) is 40.8 Å². The number of aromatic amines is 1. The first-order valence-corrected chi connectivity index (χ1v) is 6.00. The van der Waals surface area contributed by atoms with E-state index in [2.05, 4.69) is 25.3 Å². The molecule has 7 nitrogen and oxygen atoms in total. The zero-order chi connectivity index (χ0) is 13.9. The van der Waals surface area contributed by atoms with Gasteiger partial charge in [0.2, 0.25) is 0 Å². The molecule has 0 atom stereocenters. The molecule has 0 radical (unpaired) electrons. The summed E-state index contributed by atoms with van der Waals surface area (Å²) in [4.78, 5) is 26.2. The summed E-state index contributed by atoms with van der Waals surface area (Å²) in [5, 5.41) is 3.64. The summed E-state index contributed by atoms with van der Waals surface area (Å²) in [7, 11) is 0. The number of hydrogen-bond acceptors (Lipinski definition) is 6. The summed E-state index contributed by atoms with van der Waals surface area (Å²) in [6.45, 7) is 0.515. The number of H-pyrrole nitrogens is 1. The second-order valence-corrected chi connectivity index (χ2v) is 4.24. The minimum atomic E-state index is -0.205. The molecule has 1 aromatic carbocycles. The highest BCUT2D eigenvalue weighted by Gasteiger charge is 2.06. The van der Waals surface area contributed by atoms with Gasteiger partial charge in [0.15, 0.2) is 0 Å². The number of nitrogens with zero attached hydrogens (tertiary/aromatic N) is 3. The molecule has 0 aliphatic heterocycles. The highest BCUT2D eigenvalue weighted by atomic mass is 16.1. The van der Waals surface area contributed by atoms with Crippen LogP contribution in [0, 0.1) is 0 Å². The van der Waals surface area contributed by atoms with Crippen molar-refractivity contribution in [3.63, 3.8) is 0 Å². The van der Waals surface area contributed by atoms with Gasteiger partial charge in [0.1, 0.15) is 6.33 Å². The Morgan fingerprint density at radius 2 is 2.20 bits per heavy atom. The molecule has 0 saturated heterocycles. The van der Waals surface area contributed by atoms with Crippen LogP contribution in [0.2, 0.25) is 0 Å². The maximum absolute atomic E-state index is 11.6. The number of fused-ring (bicyclic) bond motifs is 1. The van der Waals surface area contributed by atoms with Crippen LogP contribution < -0.4 is 16.6 Å². The molecule has 0 aliphatic carbocycles. The molecule has 100 valence electrons. The van der Waals surface area contributed by atoms with Crippen LogP contribution in [0.3, 0.4) is 0 Å². The van der Waals surface area contributed by atoms with Gasteiger partial charge in [-0.1, -0.05) is 0 Å². The number of anilines is 2. The van der Waals surface area contributed by atoms with Crippen molar-refractivity contribution in [2.24, 2.45) is 0 Å². The van der Waals surface area contributed by atoms with Gasteiger partial charge in [0.25, 0.3) is 5.56 Å². The van der Waals surface area contributed by atoms with Crippen LogP contribution in [0.25, 0.3) is 10.9 Å². The van der Waals surface area contributed by atoms with Crippen LogP contribution >= 0.6 is 0 Å². The number of aromatic nitrogens is 4. The monoisotopic (exact) mass is 268 g/mol. The third-order valence-corrected chi connectivity index (χ3v) is 2.91. The maximum Gasteiger partial charge on any atom is 0.258 e. The van der Waals surface area contributed by atoms with E-state index in [0.717, 1.165) is 5.69 Å². The summed E-state index contributed by atoms with van der Waals surface area (Å²) in [6.07, 6.45) is 4.53. The van der Waals surface area contributed by atoms with Crippen molar-refractivity contribution in [2.75, 3.05) is 11.1 Å². The van der Waals surface area contributed by atoms with E-state index in [4.69, 9.17) is 5.73 Å². The molecule has 7 heteroatoms. The SMILES string of the molecule is Nc1cc2c(=O)[nH]cnc2cc1NCc1ccncn1. The minimum absolute atomic E-state index is 0.205. The molecule has 3 rings (SSSR count). The molecule has 0 aliphatic rings. The average Bonchev–Trinajstić information content (AvgIpc) is 2.47. The Hall–Kier alpha value is -2.96. The van der Waals surface area contributed by atoms with Gasteiger partial charge in [-0.15, -0.1) is 0 Å². The number of benzene rings is 1. The fourth-order valence-corrected chi connectivity index (χ4v) is 1.89. The van der Waals surface area contributed by atoms with E-state index in [-0.39, 0.29) is 5.56 Å². The van der Waals surface area contributed by atoms with Crippen LogP contribution in [-0.2, 0) is 6.54 Å². The van der Waals surface area contributed by atoms with E-state index in [1.807, 2.05) is 6.07 Å². The first-order valence-electron chi connectivity index (χ1n) is 6.00. The third kappa shape index (κ3) is 2.28. The lowest BCUT2D eigenvalue weighted by molar-refractivity contribution is 1.01. The summed E-state index contributed by atoms with van der Waals surface area (Å²) < 4.78 is 0. The molecule has 0 amide bonds. The van der Waals surface area contributed by atoms with E-state index in [9.17, 15) is 4.79 Å². The van der Waals surface area contributed by atoms with Crippen LogP contribution in [0.15, 0.2) is 41.8 Å². The molecular formula is C13H12N6O. The average molecular weight is 268 g/mol. The van der Waals surface area contributed by atoms with E-state index < -0.39 is 0 Å². The van der Waals surface area contributed by atoms with Crippen molar-refractivity contribution in [3.05, 3.63) is 53.1 Å². The van der Waals surface area contributed by atoms with Gasteiger partial charge in [0, 0.05) is 6.20 Å². The molecule has 4 N–H and O–H groups in total.